The topological polar surface area (TPSA) is 251 Å². The second-order valence-corrected chi connectivity index (χ2v) is 12.4. The van der Waals surface area contributed by atoms with Gasteiger partial charge >= 0.3 is 17.1 Å². The molecule has 17 nitrogen and oxygen atoms in total. The lowest BCUT2D eigenvalue weighted by molar-refractivity contribution is 0.0506. The number of aryl methyl sites for hydroxylation is 2. The molecule has 19 heteroatoms. The number of carbonyl (C=O) groups excluding carboxylic acids is 2. The number of aliphatic hydroxyl groups is 2. The molecule has 4 heterocycles. The van der Waals surface area contributed by atoms with Gasteiger partial charge < -0.3 is 45.7 Å². The van der Waals surface area contributed by atoms with Crippen molar-refractivity contribution in [3.8, 4) is 11.5 Å². The van der Waals surface area contributed by atoms with Crippen molar-refractivity contribution < 1.29 is 53.0 Å². The van der Waals surface area contributed by atoms with Crippen molar-refractivity contribution in [3.63, 3.8) is 0 Å². The van der Waals surface area contributed by atoms with Crippen LogP contribution >= 0.6 is 0 Å². The summed E-state index contributed by atoms with van der Waals surface area (Å²) in [5.41, 5.74) is 5.53. The summed E-state index contributed by atoms with van der Waals surface area (Å²) in [5, 5.41) is 42.3. The second-order valence-electron chi connectivity index (χ2n) is 12.4. The molecule has 7 N–H and O–H groups in total. The molecule has 0 radical (unpaired) electrons. The van der Waals surface area contributed by atoms with Crippen LogP contribution in [0.2, 0.25) is 0 Å². The van der Waals surface area contributed by atoms with Crippen molar-refractivity contribution in [2.75, 3.05) is 33.5 Å². The Hall–Kier alpha value is -6.12. The third-order valence-electron chi connectivity index (χ3n) is 8.22. The van der Waals surface area contributed by atoms with Crippen LogP contribution in [0.4, 0.5) is 8.78 Å². The third-order valence-corrected chi connectivity index (χ3v) is 8.22. The maximum absolute atomic E-state index is 13.3. The number of aromatic hydroxyl groups is 2. The minimum absolute atomic E-state index is 0. The summed E-state index contributed by atoms with van der Waals surface area (Å²) in [6, 6.07) is 9.26. The Morgan fingerprint density at radius 3 is 1.75 bits per heavy atom. The zero-order chi connectivity index (χ0) is 41.4. The molecule has 1 amide bonds. The van der Waals surface area contributed by atoms with Crippen molar-refractivity contribution in [2.45, 2.75) is 46.6 Å². The van der Waals surface area contributed by atoms with E-state index in [1.165, 1.54) is 18.2 Å². The van der Waals surface area contributed by atoms with Gasteiger partial charge in [0.2, 0.25) is 11.5 Å². The molecule has 0 spiro atoms. The van der Waals surface area contributed by atoms with Gasteiger partial charge in [0.15, 0.2) is 11.4 Å². The van der Waals surface area contributed by atoms with Gasteiger partial charge in [-0.25, -0.2) is 23.5 Å². The van der Waals surface area contributed by atoms with Crippen LogP contribution in [0.5, 0.6) is 11.5 Å². The van der Waals surface area contributed by atoms with Crippen LogP contribution in [0.25, 0.3) is 11.4 Å². The van der Waals surface area contributed by atoms with Gasteiger partial charge in [-0.3, -0.25) is 23.5 Å². The highest BCUT2D eigenvalue weighted by Crippen LogP contribution is 2.23. The molecule has 2 aromatic heterocycles. The van der Waals surface area contributed by atoms with Gasteiger partial charge in [-0.2, -0.15) is 0 Å². The molecule has 2 aliphatic heterocycles. The van der Waals surface area contributed by atoms with E-state index in [9.17, 15) is 48.4 Å². The zero-order valence-electron chi connectivity index (χ0n) is 30.5. The van der Waals surface area contributed by atoms with E-state index in [-0.39, 0.29) is 75.1 Å². The number of esters is 1. The highest BCUT2D eigenvalue weighted by atomic mass is 19.1. The van der Waals surface area contributed by atoms with E-state index < -0.39 is 58.1 Å². The smallest absolute Gasteiger partial charge is 0.360 e. The van der Waals surface area contributed by atoms with Crippen molar-refractivity contribution in [2.24, 2.45) is 5.73 Å². The maximum atomic E-state index is 13.3. The van der Waals surface area contributed by atoms with Gasteiger partial charge in [0.1, 0.15) is 35.5 Å². The summed E-state index contributed by atoms with van der Waals surface area (Å²) in [7, 11) is 1.09. The number of nitrogens with zero attached hydrogens (tertiary/aromatic N) is 4. The van der Waals surface area contributed by atoms with Gasteiger partial charge in [-0.1, -0.05) is 44.8 Å². The monoisotopic (exact) mass is 798 g/mol. The number of ether oxygens (including phenoxy) is 3. The summed E-state index contributed by atoms with van der Waals surface area (Å²) in [6.45, 7) is 10.8. The van der Waals surface area contributed by atoms with Crippen LogP contribution in [0.1, 0.15) is 74.5 Å². The summed E-state index contributed by atoms with van der Waals surface area (Å²) < 4.78 is 42.4. The number of rotatable bonds is 5. The van der Waals surface area contributed by atoms with E-state index in [1.807, 2.05) is 0 Å². The van der Waals surface area contributed by atoms with Gasteiger partial charge in [0.25, 0.3) is 5.91 Å². The molecule has 306 valence electrons. The van der Waals surface area contributed by atoms with Gasteiger partial charge in [0, 0.05) is 24.5 Å². The molecular formula is C38H44F2N6O11. The zero-order valence-corrected chi connectivity index (χ0v) is 30.5. The lowest BCUT2D eigenvalue weighted by Gasteiger charge is -2.15. The Balaban J connectivity index is 0.000000252. The molecule has 2 aromatic carbocycles. The Bertz CT molecular complexity index is 2290. The Labute approximate surface area is 324 Å². The Morgan fingerprint density at radius 2 is 1.30 bits per heavy atom. The molecule has 0 aliphatic carbocycles. The molecule has 0 saturated carbocycles. The van der Waals surface area contributed by atoms with Crippen LogP contribution in [0.15, 0.2) is 59.1 Å². The summed E-state index contributed by atoms with van der Waals surface area (Å²) in [5.74, 6) is -4.28. The number of nitrogens with one attached hydrogen (secondary N) is 1. The van der Waals surface area contributed by atoms with Crippen LogP contribution in [0.3, 0.4) is 0 Å². The fraction of sp³-hybridized carbons (Fsp3) is 0.316. The van der Waals surface area contributed by atoms with Crippen molar-refractivity contribution >= 4 is 23.3 Å². The molecule has 0 fully saturated rings. The maximum Gasteiger partial charge on any atom is 0.360 e. The number of halogens is 2. The lowest BCUT2D eigenvalue weighted by Crippen LogP contribution is -2.31. The number of amides is 1. The average molecular weight is 799 g/mol. The summed E-state index contributed by atoms with van der Waals surface area (Å²) >= 11 is 0. The number of aliphatic hydroxyl groups excluding tert-OH is 2. The molecule has 6 rings (SSSR count). The number of nitrogens with two attached hydrogens (primary N) is 1. The number of carbonyl (C=O) groups is 2. The third kappa shape index (κ3) is 10.4. The fourth-order valence-electron chi connectivity index (χ4n) is 5.28. The van der Waals surface area contributed by atoms with Gasteiger partial charge in [0.05, 0.1) is 33.5 Å². The van der Waals surface area contributed by atoms with Crippen molar-refractivity contribution in [3.05, 3.63) is 127 Å². The number of fused-ring (bicyclic) bond motifs is 2. The van der Waals surface area contributed by atoms with E-state index in [2.05, 4.69) is 33.2 Å². The predicted molar refractivity (Wildman–Crippen MR) is 202 cm³/mol. The number of hydrogen-bond acceptors (Lipinski definition) is 14. The molecular weight excluding hydrogens is 754 g/mol. The van der Waals surface area contributed by atoms with E-state index in [1.54, 1.807) is 32.0 Å². The molecule has 2 atom stereocenters. The van der Waals surface area contributed by atoms with Gasteiger partial charge in [-0.15, -0.1) is 0 Å². The number of benzene rings is 2. The molecule has 57 heavy (non-hydrogen) atoms. The van der Waals surface area contributed by atoms with E-state index in [0.717, 1.165) is 21.8 Å². The van der Waals surface area contributed by atoms with Crippen LogP contribution in [0, 0.1) is 25.5 Å². The second kappa shape index (κ2) is 19.6. The van der Waals surface area contributed by atoms with E-state index >= 15 is 0 Å². The Kier molecular flexibility index (Phi) is 15.6. The van der Waals surface area contributed by atoms with Crippen molar-refractivity contribution in [1.29, 1.82) is 0 Å². The minimum atomic E-state index is -1.26. The highest BCUT2D eigenvalue weighted by Gasteiger charge is 2.29. The normalized spacial score (nSPS) is 15.8. The molecule has 2 unspecified atom stereocenters. The number of hydrogen-bond donors (Lipinski definition) is 6. The summed E-state index contributed by atoms with van der Waals surface area (Å²) in [6.07, 6.45) is -2.47. The SMILES string of the molecule is C.C=C1COCC(O)c2nc(C(=O)NCc3ccc(F)c(C)c3)c(O)c(=O)n21.C=C1COCC(O)c2nc(C(=O)OC)c(O)c(=O)n21.Cc1cc(CN)ccc1F. The first kappa shape index (κ1) is 45.3. The molecule has 4 aromatic rings. The quantitative estimate of drug-likeness (QED) is 0.159. The number of methoxy groups -OCH3 is 1. The highest BCUT2D eigenvalue weighted by molar-refractivity contribution is 5.94. The molecule has 0 saturated heterocycles. The standard InChI is InChI=1S/C18H18FN3O5.C11H12N2O6.C8H10FN.CH4/c1-9-5-11(3-4-12(9)19)6-20-17(25)14-15(24)18(26)22-10(2)7-27-8-13(23)16(22)21-14;1-5-3-19-4-6(14)9-12-7(11(17)18-2)8(15)10(16)13(5)9;1-6-4-7(5-10)2-3-8(6)9;/h3-5,13,23-24H,2,6-8H2,1H3,(H,20,25);6,14-15H,1,3-4H2,2H3;2-4H,5,10H2,1H3;1H4. The lowest BCUT2D eigenvalue weighted by atomic mass is 10.1. The predicted octanol–water partition coefficient (Wildman–Crippen LogP) is 2.36. The first-order valence-corrected chi connectivity index (χ1v) is 16.7. The first-order chi connectivity index (χ1) is 26.5. The van der Waals surface area contributed by atoms with Crippen molar-refractivity contribution in [1.82, 2.24) is 24.4 Å². The molecule has 0 bridgehead atoms. The molecule has 2 aliphatic rings. The fourth-order valence-corrected chi connectivity index (χ4v) is 5.28. The average Bonchev–Trinajstić information content (AvgIpc) is 3.41. The minimum Gasteiger partial charge on any atom is -0.501 e. The van der Waals surface area contributed by atoms with E-state index in [4.69, 9.17) is 15.2 Å². The van der Waals surface area contributed by atoms with Crippen LogP contribution in [-0.2, 0) is 27.3 Å². The van der Waals surface area contributed by atoms with Gasteiger partial charge in [-0.05, 0) is 48.2 Å². The summed E-state index contributed by atoms with van der Waals surface area (Å²) in [4.78, 5) is 56.0. The van der Waals surface area contributed by atoms with E-state index in [0.29, 0.717) is 23.2 Å². The first-order valence-electron chi connectivity index (χ1n) is 16.7. The number of aromatic nitrogens is 4. The largest absolute Gasteiger partial charge is 0.501 e. The Morgan fingerprint density at radius 1 is 0.860 bits per heavy atom. The van der Waals surface area contributed by atoms with Crippen LogP contribution in [-0.4, -0.2) is 84.9 Å². The van der Waals surface area contributed by atoms with Crippen LogP contribution < -0.4 is 22.2 Å².